The van der Waals surface area contributed by atoms with Crippen molar-refractivity contribution < 1.29 is 4.79 Å². The van der Waals surface area contributed by atoms with Gasteiger partial charge in [0.1, 0.15) is 0 Å². The number of carbonyl (C=O) groups is 1. The number of hydrogen-bond donors (Lipinski definition) is 0. The molecule has 0 fully saturated rings. The van der Waals surface area contributed by atoms with Crippen molar-refractivity contribution in [2.45, 2.75) is 6.42 Å². The van der Waals surface area contributed by atoms with E-state index in [2.05, 4.69) is 16.0 Å². The Hall–Kier alpha value is -1.10. The Morgan fingerprint density at radius 2 is 2.00 bits per heavy atom. The SMILES string of the molecule is N#CCC(=O)c1ccc([SeH])cc1. The van der Waals surface area contributed by atoms with Crippen LogP contribution in [-0.2, 0) is 0 Å². The summed E-state index contributed by atoms with van der Waals surface area (Å²) >= 11 is 2.39. The third-order valence-electron chi connectivity index (χ3n) is 1.43. The first-order chi connectivity index (χ1) is 5.74. The Morgan fingerprint density at radius 1 is 1.42 bits per heavy atom. The van der Waals surface area contributed by atoms with Gasteiger partial charge in [0.15, 0.2) is 0 Å². The molecule has 0 saturated carbocycles. The Morgan fingerprint density at radius 3 is 2.50 bits per heavy atom. The molecule has 1 aromatic rings. The first-order valence-corrected chi connectivity index (χ1v) is 4.37. The first kappa shape index (κ1) is 8.99. The summed E-state index contributed by atoms with van der Waals surface area (Å²) in [5, 5.41) is 8.28. The van der Waals surface area contributed by atoms with Crippen molar-refractivity contribution in [3.8, 4) is 6.07 Å². The van der Waals surface area contributed by atoms with Gasteiger partial charge < -0.3 is 0 Å². The van der Waals surface area contributed by atoms with Gasteiger partial charge in [-0.25, -0.2) is 0 Å². The summed E-state index contributed by atoms with van der Waals surface area (Å²) in [5.74, 6) is -0.120. The summed E-state index contributed by atoms with van der Waals surface area (Å²) in [6, 6.07) is 8.96. The van der Waals surface area contributed by atoms with Crippen LogP contribution >= 0.6 is 0 Å². The molecule has 0 atom stereocenters. The fraction of sp³-hybridized carbons (Fsp3) is 0.111. The van der Waals surface area contributed by atoms with E-state index < -0.39 is 0 Å². The number of nitriles is 1. The van der Waals surface area contributed by atoms with Crippen LogP contribution in [-0.4, -0.2) is 21.8 Å². The van der Waals surface area contributed by atoms with E-state index in [1.165, 1.54) is 0 Å². The van der Waals surface area contributed by atoms with Gasteiger partial charge in [-0.1, -0.05) is 0 Å². The van der Waals surface area contributed by atoms with Crippen LogP contribution in [0.5, 0.6) is 0 Å². The predicted octanol–water partition coefficient (Wildman–Crippen LogP) is 0.309. The molecule has 0 aliphatic heterocycles. The van der Waals surface area contributed by atoms with Crippen LogP contribution in [0.1, 0.15) is 16.8 Å². The van der Waals surface area contributed by atoms with Crippen molar-refractivity contribution in [1.29, 1.82) is 5.26 Å². The van der Waals surface area contributed by atoms with Crippen molar-refractivity contribution in [2.24, 2.45) is 0 Å². The zero-order valence-corrected chi connectivity index (χ0v) is 8.20. The molecule has 0 radical (unpaired) electrons. The molecule has 60 valence electrons. The van der Waals surface area contributed by atoms with Crippen molar-refractivity contribution in [3.05, 3.63) is 29.8 Å². The Labute approximate surface area is 79.0 Å². The molecule has 0 N–H and O–H groups in total. The van der Waals surface area contributed by atoms with E-state index in [9.17, 15) is 4.79 Å². The molecule has 0 heterocycles. The topological polar surface area (TPSA) is 40.9 Å². The van der Waals surface area contributed by atoms with Crippen LogP contribution in [0.4, 0.5) is 0 Å². The van der Waals surface area contributed by atoms with E-state index in [0.29, 0.717) is 5.56 Å². The fourth-order valence-electron chi connectivity index (χ4n) is 0.821. The molecule has 0 bridgehead atoms. The molecule has 2 nitrogen and oxygen atoms in total. The van der Waals surface area contributed by atoms with Gasteiger partial charge in [-0.05, 0) is 0 Å². The maximum atomic E-state index is 11.1. The van der Waals surface area contributed by atoms with Crippen LogP contribution in [0.3, 0.4) is 0 Å². The van der Waals surface area contributed by atoms with Gasteiger partial charge in [0, 0.05) is 0 Å². The zero-order chi connectivity index (χ0) is 8.97. The first-order valence-electron chi connectivity index (χ1n) is 3.43. The van der Waals surface area contributed by atoms with Crippen LogP contribution in [0.2, 0.25) is 0 Å². The summed E-state index contributed by atoms with van der Waals surface area (Å²) in [5.41, 5.74) is 0.603. The summed E-state index contributed by atoms with van der Waals surface area (Å²) in [7, 11) is 0. The quantitative estimate of drug-likeness (QED) is 0.535. The molecular formula is C9H7NOSe. The molecule has 3 heteroatoms. The molecule has 1 rings (SSSR count). The molecule has 0 aliphatic carbocycles. The van der Waals surface area contributed by atoms with E-state index in [0.717, 1.165) is 4.46 Å². The molecule has 0 spiro atoms. The van der Waals surface area contributed by atoms with Crippen LogP contribution in [0.15, 0.2) is 24.3 Å². The van der Waals surface area contributed by atoms with Gasteiger partial charge in [0.25, 0.3) is 0 Å². The average Bonchev–Trinajstić information content (AvgIpc) is 2.06. The second-order valence-corrected chi connectivity index (χ2v) is 3.39. The molecule has 0 saturated heterocycles. The number of rotatable bonds is 2. The van der Waals surface area contributed by atoms with E-state index in [1.807, 2.05) is 18.2 Å². The number of hydrogen-bond acceptors (Lipinski definition) is 2. The van der Waals surface area contributed by atoms with Gasteiger partial charge in [-0.3, -0.25) is 0 Å². The summed E-state index contributed by atoms with van der Waals surface area (Å²) in [4.78, 5) is 11.1. The van der Waals surface area contributed by atoms with E-state index in [4.69, 9.17) is 5.26 Å². The van der Waals surface area contributed by atoms with E-state index in [-0.39, 0.29) is 12.2 Å². The predicted molar refractivity (Wildman–Crippen MR) is 47.8 cm³/mol. The van der Waals surface area contributed by atoms with Crippen molar-refractivity contribution in [2.75, 3.05) is 0 Å². The Balaban J connectivity index is 2.84. The Bertz CT molecular complexity index is 323. The standard InChI is InChI=1S/C9H7NOSe/c10-6-5-9(11)7-1-3-8(12)4-2-7/h1-4,12H,5H2. The van der Waals surface area contributed by atoms with Gasteiger partial charge in [-0.15, -0.1) is 0 Å². The number of ketones is 1. The van der Waals surface area contributed by atoms with Crippen LogP contribution in [0, 0.1) is 11.3 Å². The Kier molecular flexibility index (Phi) is 3.04. The average molecular weight is 224 g/mol. The van der Waals surface area contributed by atoms with Gasteiger partial charge in [0.05, 0.1) is 0 Å². The van der Waals surface area contributed by atoms with Crippen LogP contribution in [0.25, 0.3) is 0 Å². The molecule has 1 aromatic carbocycles. The molecule has 12 heavy (non-hydrogen) atoms. The number of carbonyl (C=O) groups excluding carboxylic acids is 1. The second-order valence-electron chi connectivity index (χ2n) is 2.30. The van der Waals surface area contributed by atoms with Crippen molar-refractivity contribution in [3.63, 3.8) is 0 Å². The molecular weight excluding hydrogens is 217 g/mol. The minimum absolute atomic E-state index is 0.0437. The van der Waals surface area contributed by atoms with Gasteiger partial charge in [0.2, 0.25) is 0 Å². The monoisotopic (exact) mass is 225 g/mol. The van der Waals surface area contributed by atoms with Crippen molar-refractivity contribution in [1.82, 2.24) is 0 Å². The minimum atomic E-state index is -0.120. The number of benzene rings is 1. The maximum absolute atomic E-state index is 11.1. The number of Topliss-reactive ketones (excluding diaryl/α,β-unsaturated/α-hetero) is 1. The third kappa shape index (κ3) is 2.20. The zero-order valence-electron chi connectivity index (χ0n) is 6.32. The van der Waals surface area contributed by atoms with E-state index >= 15 is 0 Å². The van der Waals surface area contributed by atoms with Gasteiger partial charge >= 0.3 is 78.6 Å². The molecule has 0 aliphatic rings. The third-order valence-corrected chi connectivity index (χ3v) is 2.05. The summed E-state index contributed by atoms with van der Waals surface area (Å²) in [6.07, 6.45) is -0.0437. The second kappa shape index (κ2) is 4.06. The normalized spacial score (nSPS) is 9.00. The number of nitrogens with zero attached hydrogens (tertiary/aromatic N) is 1. The summed E-state index contributed by atoms with van der Waals surface area (Å²) < 4.78 is 1.05. The van der Waals surface area contributed by atoms with E-state index in [1.54, 1.807) is 12.1 Å². The fourth-order valence-corrected chi connectivity index (χ4v) is 1.13. The molecule has 0 unspecified atom stereocenters. The molecule has 0 amide bonds. The van der Waals surface area contributed by atoms with Gasteiger partial charge in [-0.2, -0.15) is 0 Å². The molecule has 0 aromatic heterocycles. The van der Waals surface area contributed by atoms with Crippen molar-refractivity contribution >= 4 is 26.3 Å². The van der Waals surface area contributed by atoms with Crippen LogP contribution < -0.4 is 4.46 Å². The summed E-state index contributed by atoms with van der Waals surface area (Å²) in [6.45, 7) is 0.